The zero-order chi connectivity index (χ0) is 10.8. The van der Waals surface area contributed by atoms with E-state index >= 15 is 0 Å². The Morgan fingerprint density at radius 1 is 1.21 bits per heavy atom. The van der Waals surface area contributed by atoms with Gasteiger partial charge in [0, 0.05) is 6.42 Å². The number of thioether (sulfide) groups is 1. The van der Waals surface area contributed by atoms with Crippen LogP contribution in [0.25, 0.3) is 0 Å². The van der Waals surface area contributed by atoms with Crippen LogP contribution in [0.1, 0.15) is 52.9 Å². The molecule has 0 heterocycles. The molecule has 0 saturated carbocycles. The lowest BCUT2D eigenvalue weighted by Crippen LogP contribution is -1.89. The molecular formula is C12H22OS. The third kappa shape index (κ3) is 8.36. The predicted molar refractivity (Wildman–Crippen MR) is 65.7 cm³/mol. The molecule has 14 heavy (non-hydrogen) atoms. The monoisotopic (exact) mass is 214 g/mol. The molecule has 0 N–H and O–H groups in total. The van der Waals surface area contributed by atoms with Crippen molar-refractivity contribution in [2.75, 3.05) is 5.75 Å². The molecule has 0 spiro atoms. The average molecular weight is 214 g/mol. The Hall–Kier alpha value is -0.240. The molecule has 0 atom stereocenters. The van der Waals surface area contributed by atoms with Crippen LogP contribution in [0.3, 0.4) is 0 Å². The Morgan fingerprint density at radius 2 is 1.86 bits per heavy atom. The van der Waals surface area contributed by atoms with Crippen molar-refractivity contribution in [3.63, 3.8) is 0 Å². The van der Waals surface area contributed by atoms with Gasteiger partial charge >= 0.3 is 0 Å². The van der Waals surface area contributed by atoms with E-state index in [9.17, 15) is 4.79 Å². The van der Waals surface area contributed by atoms with E-state index in [1.807, 2.05) is 11.8 Å². The van der Waals surface area contributed by atoms with Crippen molar-refractivity contribution in [2.45, 2.75) is 52.9 Å². The maximum atomic E-state index is 10.7. The van der Waals surface area contributed by atoms with Crippen LogP contribution in [0.2, 0.25) is 0 Å². The van der Waals surface area contributed by atoms with Crippen LogP contribution in [0.5, 0.6) is 0 Å². The Bertz CT molecular complexity index is 185. The van der Waals surface area contributed by atoms with Crippen molar-refractivity contribution < 1.29 is 4.79 Å². The number of rotatable bonds is 8. The number of hydrogen-bond donors (Lipinski definition) is 0. The van der Waals surface area contributed by atoms with Crippen LogP contribution in [-0.2, 0) is 4.79 Å². The second kappa shape index (κ2) is 9.32. The Balaban J connectivity index is 3.61. The summed E-state index contributed by atoms with van der Waals surface area (Å²) in [4.78, 5) is 12.2. The minimum absolute atomic E-state index is 0.314. The molecule has 0 aromatic heterocycles. The molecule has 0 bridgehead atoms. The van der Waals surface area contributed by atoms with E-state index in [0.717, 1.165) is 37.9 Å². The summed E-state index contributed by atoms with van der Waals surface area (Å²) in [5.41, 5.74) is 0. The first-order valence-corrected chi connectivity index (χ1v) is 6.50. The average Bonchev–Trinajstić information content (AvgIpc) is 2.12. The summed E-state index contributed by atoms with van der Waals surface area (Å²) in [5.74, 6) is 1.47. The van der Waals surface area contributed by atoms with Gasteiger partial charge in [-0.1, -0.05) is 19.9 Å². The maximum Gasteiger partial charge on any atom is 0.129 e. The minimum Gasteiger partial charge on any atom is -0.300 e. The first-order chi connectivity index (χ1) is 6.70. The van der Waals surface area contributed by atoms with Gasteiger partial charge in [0.15, 0.2) is 0 Å². The highest BCUT2D eigenvalue weighted by molar-refractivity contribution is 8.03. The van der Waals surface area contributed by atoms with Gasteiger partial charge in [-0.2, -0.15) is 0 Å². The van der Waals surface area contributed by atoms with Gasteiger partial charge in [-0.05, 0) is 43.3 Å². The van der Waals surface area contributed by atoms with E-state index in [4.69, 9.17) is 0 Å². The predicted octanol–water partition coefficient (Wildman–Crippen LogP) is 4.18. The number of unbranched alkanes of at least 4 members (excludes halogenated alkanes) is 1. The van der Waals surface area contributed by atoms with E-state index in [2.05, 4.69) is 19.9 Å². The fraction of sp³-hybridized carbons (Fsp3) is 0.750. The van der Waals surface area contributed by atoms with Gasteiger partial charge in [-0.15, -0.1) is 11.8 Å². The van der Waals surface area contributed by atoms with Gasteiger partial charge in [-0.3, -0.25) is 0 Å². The molecule has 0 aliphatic rings. The van der Waals surface area contributed by atoms with Gasteiger partial charge in [0.1, 0.15) is 5.78 Å². The number of carbonyl (C=O) groups excluding carboxylic acids is 1. The number of hydrogen-bond acceptors (Lipinski definition) is 2. The van der Waals surface area contributed by atoms with Crippen LogP contribution in [-0.4, -0.2) is 11.5 Å². The molecule has 0 amide bonds. The van der Waals surface area contributed by atoms with Crippen molar-refractivity contribution in [2.24, 2.45) is 0 Å². The highest BCUT2D eigenvalue weighted by Gasteiger charge is 1.98. The first-order valence-electron chi connectivity index (χ1n) is 5.52. The lowest BCUT2D eigenvalue weighted by Gasteiger charge is -2.04. The summed E-state index contributed by atoms with van der Waals surface area (Å²) in [6.07, 6.45) is 7.52. The number of ketones is 1. The topological polar surface area (TPSA) is 17.1 Å². The zero-order valence-corrected chi connectivity index (χ0v) is 10.5. The summed E-state index contributed by atoms with van der Waals surface area (Å²) in [6, 6.07) is 0. The molecule has 82 valence electrons. The van der Waals surface area contributed by atoms with Crippen LogP contribution >= 0.6 is 11.8 Å². The van der Waals surface area contributed by atoms with E-state index in [0.29, 0.717) is 5.78 Å². The van der Waals surface area contributed by atoms with Crippen LogP contribution in [0.4, 0.5) is 0 Å². The molecule has 0 rings (SSSR count). The zero-order valence-electron chi connectivity index (χ0n) is 9.64. The van der Waals surface area contributed by atoms with Crippen molar-refractivity contribution in [3.8, 4) is 0 Å². The fourth-order valence-corrected chi connectivity index (χ4v) is 2.26. The smallest absolute Gasteiger partial charge is 0.129 e. The lowest BCUT2D eigenvalue weighted by molar-refractivity contribution is -0.117. The molecule has 0 aliphatic heterocycles. The number of carbonyl (C=O) groups is 1. The molecule has 1 nitrogen and oxygen atoms in total. The van der Waals surface area contributed by atoms with Gasteiger partial charge in [-0.25, -0.2) is 0 Å². The van der Waals surface area contributed by atoms with E-state index in [1.165, 1.54) is 4.91 Å². The van der Waals surface area contributed by atoms with Gasteiger partial charge < -0.3 is 4.79 Å². The molecule has 0 radical (unpaired) electrons. The van der Waals surface area contributed by atoms with Crippen LogP contribution in [0, 0.1) is 0 Å². The standard InChI is InChI=1S/C12H22OS/c1-4-8-12(14-5-2)10-7-6-9-11(3)13/h8H,4-7,9-10H2,1-3H3/b12-8-. The van der Waals surface area contributed by atoms with Crippen molar-refractivity contribution in [1.82, 2.24) is 0 Å². The summed E-state index contributed by atoms with van der Waals surface area (Å²) < 4.78 is 0. The normalized spacial score (nSPS) is 11.8. The van der Waals surface area contributed by atoms with Crippen molar-refractivity contribution >= 4 is 17.5 Å². The Labute approximate surface area is 92.3 Å². The van der Waals surface area contributed by atoms with Crippen LogP contribution < -0.4 is 0 Å². The van der Waals surface area contributed by atoms with Gasteiger partial charge in [0.05, 0.1) is 0 Å². The van der Waals surface area contributed by atoms with E-state index in [1.54, 1.807) is 6.92 Å². The van der Waals surface area contributed by atoms with Crippen molar-refractivity contribution in [3.05, 3.63) is 11.0 Å². The third-order valence-electron chi connectivity index (χ3n) is 1.96. The molecule has 0 aliphatic carbocycles. The molecule has 0 fully saturated rings. The molecule has 0 aromatic rings. The van der Waals surface area contributed by atoms with E-state index < -0.39 is 0 Å². The van der Waals surface area contributed by atoms with Crippen molar-refractivity contribution in [1.29, 1.82) is 0 Å². The molecular weight excluding hydrogens is 192 g/mol. The Morgan fingerprint density at radius 3 is 2.36 bits per heavy atom. The second-order valence-corrected chi connectivity index (χ2v) is 4.81. The molecule has 0 aromatic carbocycles. The second-order valence-electron chi connectivity index (χ2n) is 3.42. The van der Waals surface area contributed by atoms with Gasteiger partial charge in [0.25, 0.3) is 0 Å². The summed E-state index contributed by atoms with van der Waals surface area (Å²) >= 11 is 1.94. The molecule has 0 saturated heterocycles. The number of Topliss-reactive ketones (excluding diaryl/α,β-unsaturated/α-hetero) is 1. The lowest BCUT2D eigenvalue weighted by atomic mass is 10.1. The van der Waals surface area contributed by atoms with Gasteiger partial charge in [0.2, 0.25) is 0 Å². The highest BCUT2D eigenvalue weighted by Crippen LogP contribution is 2.22. The fourth-order valence-electron chi connectivity index (χ4n) is 1.32. The summed E-state index contributed by atoms with van der Waals surface area (Å²) in [7, 11) is 0. The largest absolute Gasteiger partial charge is 0.300 e. The third-order valence-corrected chi connectivity index (χ3v) is 2.99. The SMILES string of the molecule is CC/C=C(/CCCCC(C)=O)SCC. The molecule has 2 heteroatoms. The van der Waals surface area contributed by atoms with Crippen LogP contribution in [0.15, 0.2) is 11.0 Å². The Kier molecular flexibility index (Phi) is 9.16. The summed E-state index contributed by atoms with van der Waals surface area (Å²) in [5, 5.41) is 0. The maximum absolute atomic E-state index is 10.7. The number of allylic oxidation sites excluding steroid dienone is 2. The highest BCUT2D eigenvalue weighted by atomic mass is 32.2. The minimum atomic E-state index is 0.314. The van der Waals surface area contributed by atoms with E-state index in [-0.39, 0.29) is 0 Å². The quantitative estimate of drug-likeness (QED) is 0.564. The summed E-state index contributed by atoms with van der Waals surface area (Å²) in [6.45, 7) is 6.03. The first kappa shape index (κ1) is 13.8. The molecule has 0 unspecified atom stereocenters.